The van der Waals surface area contributed by atoms with Gasteiger partial charge < -0.3 is 25.0 Å². The van der Waals surface area contributed by atoms with Gasteiger partial charge in [0.25, 0.3) is 11.8 Å². The Kier molecular flexibility index (Phi) is 7.10. The van der Waals surface area contributed by atoms with Crippen LogP contribution >= 0.6 is 0 Å². The lowest BCUT2D eigenvalue weighted by Gasteiger charge is -2.36. The first-order valence-corrected chi connectivity index (χ1v) is 11.1. The molecule has 34 heavy (non-hydrogen) atoms. The third kappa shape index (κ3) is 5.03. The van der Waals surface area contributed by atoms with Crippen LogP contribution in [-0.4, -0.2) is 55.1 Å². The number of carbonyl (C=O) groups excluding carboxylic acids is 3. The molecule has 0 radical (unpaired) electrons. The van der Waals surface area contributed by atoms with E-state index in [1.54, 1.807) is 35.2 Å². The Morgan fingerprint density at radius 1 is 1.12 bits per heavy atom. The minimum Gasteiger partial charge on any atom is -0.454 e. The zero-order chi connectivity index (χ0) is 24.1. The summed E-state index contributed by atoms with van der Waals surface area (Å²) in [5.41, 5.74) is 0.371. The minimum atomic E-state index is -0.802. The highest BCUT2D eigenvalue weighted by molar-refractivity contribution is 5.98. The molecule has 1 unspecified atom stereocenters. The van der Waals surface area contributed by atoms with Crippen LogP contribution in [0.25, 0.3) is 0 Å². The van der Waals surface area contributed by atoms with Crippen molar-refractivity contribution in [1.82, 2.24) is 15.5 Å². The molecular formula is C25H26FN3O5. The van der Waals surface area contributed by atoms with Crippen molar-refractivity contribution in [3.63, 3.8) is 0 Å². The van der Waals surface area contributed by atoms with Gasteiger partial charge in [-0.05, 0) is 49.1 Å². The number of piperidine rings is 1. The molecule has 2 heterocycles. The molecule has 0 aromatic heterocycles. The van der Waals surface area contributed by atoms with E-state index in [4.69, 9.17) is 9.47 Å². The normalized spacial score (nSPS) is 16.0. The summed E-state index contributed by atoms with van der Waals surface area (Å²) in [4.78, 5) is 40.2. The second-order valence-corrected chi connectivity index (χ2v) is 8.16. The number of fused-ring (bicyclic) bond motifs is 1. The molecule has 4 rings (SSSR count). The summed E-state index contributed by atoms with van der Waals surface area (Å²) < 4.78 is 24.6. The molecule has 1 saturated heterocycles. The van der Waals surface area contributed by atoms with E-state index in [0.29, 0.717) is 43.0 Å². The fraction of sp³-hybridized carbons (Fsp3) is 0.320. The Balaban J connectivity index is 1.44. The number of carbonyl (C=O) groups is 3. The maximum Gasteiger partial charge on any atom is 0.256 e. The molecule has 0 saturated carbocycles. The fourth-order valence-electron chi connectivity index (χ4n) is 4.18. The number of nitrogens with zero attached hydrogens (tertiary/aromatic N) is 1. The molecule has 2 aliphatic rings. The second-order valence-electron chi connectivity index (χ2n) is 8.16. The van der Waals surface area contributed by atoms with Crippen molar-refractivity contribution in [2.24, 2.45) is 5.92 Å². The van der Waals surface area contributed by atoms with Gasteiger partial charge in [0, 0.05) is 25.2 Å². The predicted molar refractivity (Wildman–Crippen MR) is 122 cm³/mol. The summed E-state index contributed by atoms with van der Waals surface area (Å²) in [6, 6.07) is 9.90. The maximum absolute atomic E-state index is 14.0. The van der Waals surface area contributed by atoms with Crippen molar-refractivity contribution in [3.8, 4) is 11.5 Å². The minimum absolute atomic E-state index is 0.0253. The SMILES string of the molecule is C=CCNC(=O)C(NC(=O)c1ccc2c(c1)OCO2)C1CCN(C(=O)c2ccccc2F)CC1. The summed E-state index contributed by atoms with van der Waals surface area (Å²) in [7, 11) is 0. The maximum atomic E-state index is 14.0. The lowest BCUT2D eigenvalue weighted by Crippen LogP contribution is -2.53. The fourth-order valence-corrected chi connectivity index (χ4v) is 4.18. The highest BCUT2D eigenvalue weighted by Gasteiger charge is 2.34. The number of ether oxygens (including phenoxy) is 2. The first kappa shape index (κ1) is 23.3. The van der Waals surface area contributed by atoms with Gasteiger partial charge in [0.15, 0.2) is 11.5 Å². The van der Waals surface area contributed by atoms with Crippen LogP contribution in [0, 0.1) is 11.7 Å². The first-order chi connectivity index (χ1) is 16.5. The van der Waals surface area contributed by atoms with Gasteiger partial charge in [0.2, 0.25) is 12.7 Å². The van der Waals surface area contributed by atoms with Crippen LogP contribution in [0.2, 0.25) is 0 Å². The molecule has 0 bridgehead atoms. The predicted octanol–water partition coefficient (Wildman–Crippen LogP) is 2.51. The summed E-state index contributed by atoms with van der Waals surface area (Å²) in [6.07, 6.45) is 2.52. The quantitative estimate of drug-likeness (QED) is 0.610. The van der Waals surface area contributed by atoms with Gasteiger partial charge in [-0.1, -0.05) is 18.2 Å². The smallest absolute Gasteiger partial charge is 0.256 e. The van der Waals surface area contributed by atoms with Crippen LogP contribution in [0.1, 0.15) is 33.6 Å². The molecule has 0 spiro atoms. The summed E-state index contributed by atoms with van der Waals surface area (Å²) >= 11 is 0. The molecule has 2 aromatic rings. The number of amides is 3. The van der Waals surface area contributed by atoms with Gasteiger partial charge in [0.05, 0.1) is 5.56 Å². The van der Waals surface area contributed by atoms with Crippen LogP contribution in [-0.2, 0) is 4.79 Å². The zero-order valence-electron chi connectivity index (χ0n) is 18.6. The molecule has 1 fully saturated rings. The van der Waals surface area contributed by atoms with Gasteiger partial charge in [-0.2, -0.15) is 0 Å². The molecule has 8 nitrogen and oxygen atoms in total. The number of rotatable bonds is 7. The standard InChI is InChI=1S/C25H26FN3O5/c1-2-11-27-24(31)22(28-23(30)17-7-8-20-21(14-17)34-15-33-20)16-9-12-29(13-10-16)25(32)18-5-3-4-6-19(18)26/h2-8,14,16,22H,1,9-13,15H2,(H,27,31)(H,28,30). The summed E-state index contributed by atoms with van der Waals surface area (Å²) in [5, 5.41) is 5.59. The van der Waals surface area contributed by atoms with E-state index in [2.05, 4.69) is 17.2 Å². The van der Waals surface area contributed by atoms with E-state index in [1.165, 1.54) is 18.2 Å². The molecular weight excluding hydrogens is 441 g/mol. The number of likely N-dealkylation sites (tertiary alicyclic amines) is 1. The molecule has 2 aromatic carbocycles. The van der Waals surface area contributed by atoms with Gasteiger partial charge in [0.1, 0.15) is 11.9 Å². The van der Waals surface area contributed by atoms with Crippen LogP contribution in [0.15, 0.2) is 55.1 Å². The molecule has 9 heteroatoms. The van der Waals surface area contributed by atoms with Crippen molar-refractivity contribution in [2.45, 2.75) is 18.9 Å². The molecule has 2 aliphatic heterocycles. The van der Waals surface area contributed by atoms with Crippen LogP contribution in [0.5, 0.6) is 11.5 Å². The highest BCUT2D eigenvalue weighted by atomic mass is 19.1. The Morgan fingerprint density at radius 3 is 2.59 bits per heavy atom. The third-order valence-electron chi connectivity index (χ3n) is 6.03. The van der Waals surface area contributed by atoms with Gasteiger partial charge in [-0.3, -0.25) is 14.4 Å². The van der Waals surface area contributed by atoms with E-state index in [1.807, 2.05) is 0 Å². The highest BCUT2D eigenvalue weighted by Crippen LogP contribution is 2.32. The topological polar surface area (TPSA) is 97.0 Å². The lowest BCUT2D eigenvalue weighted by molar-refractivity contribution is -0.124. The monoisotopic (exact) mass is 467 g/mol. The van der Waals surface area contributed by atoms with Crippen molar-refractivity contribution < 1.29 is 28.2 Å². The first-order valence-electron chi connectivity index (χ1n) is 11.1. The molecule has 2 N–H and O–H groups in total. The van der Waals surface area contributed by atoms with E-state index in [0.717, 1.165) is 0 Å². The van der Waals surface area contributed by atoms with E-state index in [9.17, 15) is 18.8 Å². The Labute approximate surface area is 196 Å². The Morgan fingerprint density at radius 2 is 1.85 bits per heavy atom. The van der Waals surface area contributed by atoms with E-state index in [-0.39, 0.29) is 36.6 Å². The second kappa shape index (κ2) is 10.4. The van der Waals surface area contributed by atoms with Gasteiger partial charge in [-0.25, -0.2) is 4.39 Å². The van der Waals surface area contributed by atoms with E-state index >= 15 is 0 Å². The van der Waals surface area contributed by atoms with Crippen molar-refractivity contribution in [3.05, 3.63) is 72.1 Å². The number of benzene rings is 2. The van der Waals surface area contributed by atoms with Crippen LogP contribution < -0.4 is 20.1 Å². The molecule has 0 aliphatic carbocycles. The average molecular weight is 467 g/mol. The zero-order valence-corrected chi connectivity index (χ0v) is 18.6. The van der Waals surface area contributed by atoms with Crippen molar-refractivity contribution in [2.75, 3.05) is 26.4 Å². The third-order valence-corrected chi connectivity index (χ3v) is 6.03. The number of hydrogen-bond acceptors (Lipinski definition) is 5. The largest absolute Gasteiger partial charge is 0.454 e. The van der Waals surface area contributed by atoms with Gasteiger partial charge in [-0.15, -0.1) is 6.58 Å². The van der Waals surface area contributed by atoms with Crippen LogP contribution in [0.3, 0.4) is 0 Å². The van der Waals surface area contributed by atoms with E-state index < -0.39 is 17.8 Å². The Bertz CT molecular complexity index is 1100. The number of nitrogens with one attached hydrogen (secondary N) is 2. The summed E-state index contributed by atoms with van der Waals surface area (Å²) in [5.74, 6) is -0.855. The number of halogens is 1. The van der Waals surface area contributed by atoms with Crippen molar-refractivity contribution in [1.29, 1.82) is 0 Å². The molecule has 178 valence electrons. The lowest BCUT2D eigenvalue weighted by atomic mass is 9.88. The average Bonchev–Trinajstić information content (AvgIpc) is 3.34. The van der Waals surface area contributed by atoms with Crippen molar-refractivity contribution >= 4 is 17.7 Å². The Hall–Kier alpha value is -3.88. The van der Waals surface area contributed by atoms with Crippen LogP contribution in [0.4, 0.5) is 4.39 Å². The molecule has 1 atom stereocenters. The summed E-state index contributed by atoms with van der Waals surface area (Å²) in [6.45, 7) is 4.67. The molecule has 3 amide bonds. The number of hydrogen-bond donors (Lipinski definition) is 2. The van der Waals surface area contributed by atoms with Gasteiger partial charge >= 0.3 is 0 Å².